The van der Waals surface area contributed by atoms with Crippen molar-refractivity contribution >= 4 is 33.5 Å². The van der Waals surface area contributed by atoms with E-state index in [1.54, 1.807) is 0 Å². The Morgan fingerprint density at radius 2 is 1.10 bits per heavy atom. The van der Waals surface area contributed by atoms with E-state index >= 15 is 0 Å². The lowest BCUT2D eigenvalue weighted by atomic mass is 10.1. The molecule has 4 rings (SSSR count). The van der Waals surface area contributed by atoms with Gasteiger partial charge in [-0.05, 0) is 67.8 Å². The van der Waals surface area contributed by atoms with E-state index in [9.17, 15) is 0 Å². The maximum atomic E-state index is 5.69. The van der Waals surface area contributed by atoms with Crippen LogP contribution in [0.25, 0.3) is 21.8 Å². The molecule has 2 aromatic heterocycles. The summed E-state index contributed by atoms with van der Waals surface area (Å²) in [6, 6.07) is 16.5. The van der Waals surface area contributed by atoms with Gasteiger partial charge in [-0.15, -0.1) is 0 Å². The number of hydrogen-bond acceptors (Lipinski definition) is 0. The quantitative estimate of drug-likeness (QED) is 0.199. The van der Waals surface area contributed by atoms with Gasteiger partial charge < -0.3 is 9.13 Å². The van der Waals surface area contributed by atoms with E-state index in [-0.39, 0.29) is 0 Å². The van der Waals surface area contributed by atoms with Gasteiger partial charge >= 0.3 is 0 Å². The molecule has 0 aliphatic heterocycles. The zero-order valence-corrected chi connectivity index (χ0v) is 16.5. The fraction of sp³-hybridized carbons (Fsp3) is 0.217. The van der Waals surface area contributed by atoms with Crippen LogP contribution in [0.1, 0.15) is 30.4 Å². The molecule has 0 radical (unpaired) electrons. The minimum atomic E-state index is 0.359. The van der Waals surface area contributed by atoms with Crippen molar-refractivity contribution in [1.29, 1.82) is 0 Å². The van der Waals surface area contributed by atoms with Crippen LogP contribution in [-0.2, 0) is 13.1 Å². The minimum absolute atomic E-state index is 0.359. The molecule has 8 N–H and O–H groups in total. The highest BCUT2D eigenvalue weighted by Crippen LogP contribution is 2.20. The highest BCUT2D eigenvalue weighted by molar-refractivity contribution is 5.97. The summed E-state index contributed by atoms with van der Waals surface area (Å²) in [6.45, 7) is 2.01. The first-order valence-electron chi connectivity index (χ1n) is 9.97. The van der Waals surface area contributed by atoms with Crippen LogP contribution in [0.4, 0.5) is 0 Å². The van der Waals surface area contributed by atoms with E-state index in [0.29, 0.717) is 11.7 Å². The monoisotopic (exact) mass is 388 g/mol. The fourth-order valence-electron chi connectivity index (χ4n) is 3.89. The highest BCUT2D eigenvalue weighted by Gasteiger charge is 2.07. The van der Waals surface area contributed by atoms with Crippen molar-refractivity contribution in [2.45, 2.75) is 32.4 Å². The third-order valence-corrected chi connectivity index (χ3v) is 5.51. The highest BCUT2D eigenvalue weighted by atomic mass is 15.0. The summed E-state index contributed by atoms with van der Waals surface area (Å²) < 4.78 is 4.60. The van der Waals surface area contributed by atoms with Crippen molar-refractivity contribution in [3.8, 4) is 0 Å². The van der Waals surface area contributed by atoms with Gasteiger partial charge in [-0.25, -0.2) is 0 Å². The summed E-state index contributed by atoms with van der Waals surface area (Å²) >= 11 is 0. The summed E-state index contributed by atoms with van der Waals surface area (Å²) in [5.41, 5.74) is 15.6. The molecule has 2 heterocycles. The van der Waals surface area contributed by atoms with Crippen molar-refractivity contribution < 1.29 is 10.8 Å². The molecule has 29 heavy (non-hydrogen) atoms. The van der Waals surface area contributed by atoms with Gasteiger partial charge in [0.25, 0.3) is 11.7 Å². The average Bonchev–Trinajstić information content (AvgIpc) is 3.30. The molecule has 0 amide bonds. The number of unbranched alkanes of at least 4 members (excludes halogenated alkanes) is 2. The third-order valence-electron chi connectivity index (χ3n) is 5.51. The lowest BCUT2D eigenvalue weighted by Gasteiger charge is -2.08. The first kappa shape index (κ1) is 18.8. The van der Waals surface area contributed by atoms with Gasteiger partial charge in [0, 0.05) is 47.3 Å². The summed E-state index contributed by atoms with van der Waals surface area (Å²) in [5.74, 6) is 0.719. The Morgan fingerprint density at radius 3 is 1.52 bits per heavy atom. The molecule has 0 aliphatic rings. The summed E-state index contributed by atoms with van der Waals surface area (Å²) in [4.78, 5) is 0. The molecule has 2 aromatic carbocycles. The van der Waals surface area contributed by atoms with Gasteiger partial charge in [-0.3, -0.25) is 22.3 Å². The molecule has 6 heteroatoms. The Kier molecular flexibility index (Phi) is 5.08. The van der Waals surface area contributed by atoms with E-state index in [0.717, 1.165) is 37.1 Å². The second kappa shape index (κ2) is 7.83. The molecule has 4 aromatic rings. The van der Waals surface area contributed by atoms with Crippen LogP contribution >= 0.6 is 0 Å². The molecule has 0 spiro atoms. The molecule has 0 unspecified atom stereocenters. The van der Waals surface area contributed by atoms with Crippen LogP contribution in [0.2, 0.25) is 0 Å². The smallest absolute Gasteiger partial charge is 0.270 e. The van der Waals surface area contributed by atoms with Crippen molar-refractivity contribution in [1.82, 2.24) is 9.13 Å². The van der Waals surface area contributed by atoms with Crippen LogP contribution in [0.5, 0.6) is 0 Å². The number of aromatic nitrogens is 2. The van der Waals surface area contributed by atoms with Crippen molar-refractivity contribution in [3.63, 3.8) is 0 Å². The van der Waals surface area contributed by atoms with Gasteiger partial charge in [0.1, 0.15) is 0 Å². The minimum Gasteiger partial charge on any atom is -0.347 e. The van der Waals surface area contributed by atoms with Crippen LogP contribution in [0.15, 0.2) is 60.9 Å². The maximum Gasteiger partial charge on any atom is 0.270 e. The second-order valence-electron chi connectivity index (χ2n) is 7.54. The molecule has 0 aliphatic carbocycles. The standard InChI is InChI=1S/C23H26N6/c24-22(25)18-4-6-20-16(14-18)8-12-28(20)10-2-1-3-11-29-13-9-17-15-19(23(26)27)5-7-21(17)29/h4-9,12-15H,1-3,10-11H2,(H3,24,25)(H3,26,27)/p+2. The largest absolute Gasteiger partial charge is 0.347 e. The summed E-state index contributed by atoms with van der Waals surface area (Å²) in [7, 11) is 0. The number of fused-ring (bicyclic) bond motifs is 2. The lowest BCUT2D eigenvalue weighted by molar-refractivity contribution is -0.115. The number of amidine groups is 2. The van der Waals surface area contributed by atoms with Gasteiger partial charge in [0.2, 0.25) is 0 Å². The van der Waals surface area contributed by atoms with E-state index in [1.165, 1.54) is 28.2 Å². The van der Waals surface area contributed by atoms with Crippen LogP contribution < -0.4 is 22.3 Å². The molecule has 0 saturated heterocycles. The molecule has 0 atom stereocenters. The zero-order chi connectivity index (χ0) is 20.4. The number of benzene rings is 2. The zero-order valence-electron chi connectivity index (χ0n) is 16.5. The Labute approximate surface area is 169 Å². The fourth-order valence-corrected chi connectivity index (χ4v) is 3.89. The van der Waals surface area contributed by atoms with E-state index in [2.05, 4.69) is 45.8 Å². The molecule has 0 saturated carbocycles. The molecule has 0 fully saturated rings. The average molecular weight is 389 g/mol. The molecule has 0 bridgehead atoms. The summed E-state index contributed by atoms with van der Waals surface area (Å²) in [5, 5.41) is 13.7. The lowest BCUT2D eigenvalue weighted by Crippen LogP contribution is -2.46. The molecule has 148 valence electrons. The van der Waals surface area contributed by atoms with Crippen molar-refractivity contribution in [2.75, 3.05) is 0 Å². The predicted octanol–water partition coefficient (Wildman–Crippen LogP) is 0.395. The first-order valence-corrected chi connectivity index (χ1v) is 9.97. The van der Waals surface area contributed by atoms with Gasteiger partial charge in [0.15, 0.2) is 0 Å². The van der Waals surface area contributed by atoms with Crippen LogP contribution in [0.3, 0.4) is 0 Å². The van der Waals surface area contributed by atoms with Gasteiger partial charge in [0.05, 0.1) is 11.1 Å². The molecule has 6 nitrogen and oxygen atoms in total. The van der Waals surface area contributed by atoms with Crippen molar-refractivity contribution in [2.24, 2.45) is 11.5 Å². The van der Waals surface area contributed by atoms with Crippen LogP contribution in [-0.4, -0.2) is 20.8 Å². The van der Waals surface area contributed by atoms with Gasteiger partial charge in [-0.2, -0.15) is 0 Å². The predicted molar refractivity (Wildman–Crippen MR) is 118 cm³/mol. The first-order chi connectivity index (χ1) is 14.0. The van der Waals surface area contributed by atoms with Crippen molar-refractivity contribution in [3.05, 3.63) is 72.1 Å². The van der Waals surface area contributed by atoms with Gasteiger partial charge in [-0.1, -0.05) is 0 Å². The topological polar surface area (TPSA) is 113 Å². The molecular weight excluding hydrogens is 360 g/mol. The van der Waals surface area contributed by atoms with Crippen LogP contribution in [0, 0.1) is 0 Å². The Bertz CT molecular complexity index is 1100. The number of nitrogens with two attached hydrogens (primary N) is 4. The number of rotatable bonds is 8. The molecular formula is C23H28N6+2. The van der Waals surface area contributed by atoms with E-state index in [1.807, 2.05) is 24.3 Å². The van der Waals surface area contributed by atoms with E-state index in [4.69, 9.17) is 22.3 Å². The third kappa shape index (κ3) is 3.87. The van der Waals surface area contributed by atoms with E-state index < -0.39 is 0 Å². The summed E-state index contributed by atoms with van der Waals surface area (Å²) in [6.07, 6.45) is 7.72. The number of nitrogens with zero attached hydrogens (tertiary/aromatic N) is 2. The SMILES string of the molecule is NC(=[NH2+])c1ccc2c(ccn2CCCCCn2ccc3cc(C(N)=[NH2+])ccc32)c1. The normalized spacial score (nSPS) is 11.3. The Hall–Kier alpha value is -3.54. The number of aryl methyl sites for hydroxylation is 2. The Balaban J connectivity index is 1.32. The number of hydrogen-bond donors (Lipinski definition) is 4. The second-order valence-corrected chi connectivity index (χ2v) is 7.54. The maximum absolute atomic E-state index is 5.69. The Morgan fingerprint density at radius 1 is 0.655 bits per heavy atom.